The molecular weight excluding hydrogens is 252 g/mol. The second kappa shape index (κ2) is 6.11. The largest absolute Gasteiger partial charge is 0.359 e. The van der Waals surface area contributed by atoms with E-state index in [1.165, 1.54) is 24.8 Å². The number of anilines is 1. The van der Waals surface area contributed by atoms with Gasteiger partial charge in [0.1, 0.15) is 5.82 Å². The Morgan fingerprint density at radius 1 is 1.40 bits per heavy atom. The van der Waals surface area contributed by atoms with Crippen molar-refractivity contribution in [2.45, 2.75) is 33.1 Å². The van der Waals surface area contributed by atoms with Crippen LogP contribution in [0.4, 0.5) is 5.82 Å². The minimum Gasteiger partial charge on any atom is -0.359 e. The fourth-order valence-corrected chi connectivity index (χ4v) is 2.08. The van der Waals surface area contributed by atoms with Crippen molar-refractivity contribution in [2.75, 3.05) is 18.5 Å². The van der Waals surface area contributed by atoms with Crippen molar-refractivity contribution in [3.8, 4) is 0 Å². The van der Waals surface area contributed by atoms with E-state index in [9.17, 15) is 0 Å². The fraction of sp³-hybridized carbons (Fsp3) is 0.583. The van der Waals surface area contributed by atoms with E-state index >= 15 is 0 Å². The third-order valence-corrected chi connectivity index (χ3v) is 2.91. The first kappa shape index (κ1) is 12.5. The van der Waals surface area contributed by atoms with E-state index in [-0.39, 0.29) is 0 Å². The molecule has 0 saturated heterocycles. The fourth-order valence-electron chi connectivity index (χ4n) is 1.64. The molecule has 0 amide bonds. The van der Waals surface area contributed by atoms with E-state index in [1.54, 1.807) is 0 Å². The highest BCUT2D eigenvalue weighted by Gasteiger charge is 2.05. The van der Waals surface area contributed by atoms with E-state index < -0.39 is 0 Å². The predicted octanol–water partition coefficient (Wildman–Crippen LogP) is 3.78. The van der Waals surface area contributed by atoms with Gasteiger partial charge in [-0.05, 0) is 40.9 Å². The van der Waals surface area contributed by atoms with E-state index in [2.05, 4.69) is 52.8 Å². The van der Waals surface area contributed by atoms with Gasteiger partial charge in [0.05, 0.1) is 0 Å². The Bertz CT molecular complexity index is 312. The Hall–Kier alpha value is -0.570. The first-order valence-corrected chi connectivity index (χ1v) is 6.27. The number of halogens is 1. The molecule has 0 aliphatic carbocycles. The summed E-state index contributed by atoms with van der Waals surface area (Å²) in [5.41, 5.74) is 1.23. The lowest BCUT2D eigenvalue weighted by Gasteiger charge is -2.19. The summed E-state index contributed by atoms with van der Waals surface area (Å²) >= 11 is 3.43. The van der Waals surface area contributed by atoms with Gasteiger partial charge < -0.3 is 4.90 Å². The molecule has 0 unspecified atom stereocenters. The van der Waals surface area contributed by atoms with Crippen LogP contribution in [0.15, 0.2) is 16.7 Å². The zero-order valence-corrected chi connectivity index (χ0v) is 11.3. The number of nitrogens with zero attached hydrogens (tertiary/aromatic N) is 2. The Balaban J connectivity index is 2.61. The molecule has 1 heterocycles. The Kier molecular flexibility index (Phi) is 5.09. The van der Waals surface area contributed by atoms with E-state index in [0.717, 1.165) is 16.8 Å². The molecule has 0 saturated carbocycles. The third-order valence-electron chi connectivity index (χ3n) is 2.48. The van der Waals surface area contributed by atoms with Gasteiger partial charge in [-0.2, -0.15) is 0 Å². The van der Waals surface area contributed by atoms with Crippen LogP contribution < -0.4 is 4.90 Å². The number of hydrogen-bond donors (Lipinski definition) is 0. The minimum absolute atomic E-state index is 1.05. The molecule has 0 bridgehead atoms. The summed E-state index contributed by atoms with van der Waals surface area (Å²) in [5, 5.41) is 0. The summed E-state index contributed by atoms with van der Waals surface area (Å²) in [6, 6.07) is 2.11. The molecule has 0 aromatic carbocycles. The summed E-state index contributed by atoms with van der Waals surface area (Å²) < 4.78 is 1.05. The zero-order valence-electron chi connectivity index (χ0n) is 9.76. The van der Waals surface area contributed by atoms with Gasteiger partial charge in [-0.15, -0.1) is 0 Å². The molecule has 1 aromatic rings. The van der Waals surface area contributed by atoms with Crippen molar-refractivity contribution < 1.29 is 0 Å². The van der Waals surface area contributed by atoms with Crippen LogP contribution in [0.25, 0.3) is 0 Å². The highest BCUT2D eigenvalue weighted by molar-refractivity contribution is 9.10. The first-order valence-electron chi connectivity index (χ1n) is 5.48. The Labute approximate surface area is 101 Å². The summed E-state index contributed by atoms with van der Waals surface area (Å²) in [5.74, 6) is 1.09. The molecule has 0 fully saturated rings. The van der Waals surface area contributed by atoms with Crippen molar-refractivity contribution in [1.29, 1.82) is 0 Å². The van der Waals surface area contributed by atoms with Crippen LogP contribution in [0.2, 0.25) is 0 Å². The van der Waals surface area contributed by atoms with Crippen molar-refractivity contribution >= 4 is 21.7 Å². The molecule has 0 atom stereocenters. The highest BCUT2D eigenvalue weighted by Crippen LogP contribution is 2.19. The van der Waals surface area contributed by atoms with Crippen LogP contribution in [0, 0.1) is 6.92 Å². The summed E-state index contributed by atoms with van der Waals surface area (Å²) in [7, 11) is 2.11. The van der Waals surface area contributed by atoms with Crippen LogP contribution in [-0.2, 0) is 0 Å². The van der Waals surface area contributed by atoms with E-state index in [1.807, 2.05) is 6.20 Å². The van der Waals surface area contributed by atoms with Gasteiger partial charge in [-0.25, -0.2) is 4.98 Å². The number of pyridine rings is 1. The lowest BCUT2D eigenvalue weighted by Crippen LogP contribution is -2.20. The topological polar surface area (TPSA) is 16.1 Å². The number of hydrogen-bond acceptors (Lipinski definition) is 2. The summed E-state index contributed by atoms with van der Waals surface area (Å²) in [6.07, 6.45) is 5.66. The monoisotopic (exact) mass is 270 g/mol. The number of aryl methyl sites for hydroxylation is 1. The molecule has 0 aliphatic heterocycles. The van der Waals surface area contributed by atoms with Crippen LogP contribution in [0.1, 0.15) is 31.7 Å². The standard InChI is InChI=1S/C12H19BrN2/c1-4-5-6-7-15(3)12-10(2)8-11(13)9-14-12/h8-9H,4-7H2,1-3H3. The third kappa shape index (κ3) is 3.82. The molecule has 3 heteroatoms. The molecule has 0 aliphatic rings. The lowest BCUT2D eigenvalue weighted by atomic mass is 10.2. The molecular formula is C12H19BrN2. The van der Waals surface area contributed by atoms with Crippen LogP contribution in [0.5, 0.6) is 0 Å². The van der Waals surface area contributed by atoms with Gasteiger partial charge in [0.15, 0.2) is 0 Å². The molecule has 84 valence electrons. The maximum atomic E-state index is 4.44. The second-order valence-corrected chi connectivity index (χ2v) is 4.84. The van der Waals surface area contributed by atoms with Crippen LogP contribution in [-0.4, -0.2) is 18.6 Å². The van der Waals surface area contributed by atoms with Crippen molar-refractivity contribution in [3.05, 3.63) is 22.3 Å². The molecule has 0 radical (unpaired) electrons. The van der Waals surface area contributed by atoms with Gasteiger partial charge in [0.25, 0.3) is 0 Å². The smallest absolute Gasteiger partial charge is 0.131 e. The molecule has 0 spiro atoms. The number of rotatable bonds is 5. The lowest BCUT2D eigenvalue weighted by molar-refractivity contribution is 0.700. The molecule has 2 nitrogen and oxygen atoms in total. The Morgan fingerprint density at radius 3 is 2.73 bits per heavy atom. The normalized spacial score (nSPS) is 10.4. The van der Waals surface area contributed by atoms with Crippen LogP contribution >= 0.6 is 15.9 Å². The van der Waals surface area contributed by atoms with Gasteiger partial charge in [-0.1, -0.05) is 19.8 Å². The Morgan fingerprint density at radius 2 is 2.13 bits per heavy atom. The van der Waals surface area contributed by atoms with Crippen molar-refractivity contribution in [1.82, 2.24) is 4.98 Å². The average Bonchev–Trinajstić information content (AvgIpc) is 2.17. The summed E-state index contributed by atoms with van der Waals surface area (Å²) in [4.78, 5) is 6.67. The predicted molar refractivity (Wildman–Crippen MR) is 69.5 cm³/mol. The van der Waals surface area contributed by atoms with Gasteiger partial charge in [0.2, 0.25) is 0 Å². The molecule has 1 aromatic heterocycles. The highest BCUT2D eigenvalue weighted by atomic mass is 79.9. The van der Waals surface area contributed by atoms with Crippen molar-refractivity contribution in [2.24, 2.45) is 0 Å². The van der Waals surface area contributed by atoms with Gasteiger partial charge >= 0.3 is 0 Å². The maximum absolute atomic E-state index is 4.44. The van der Waals surface area contributed by atoms with Crippen molar-refractivity contribution in [3.63, 3.8) is 0 Å². The van der Waals surface area contributed by atoms with Gasteiger partial charge in [0, 0.05) is 24.3 Å². The minimum atomic E-state index is 1.05. The zero-order chi connectivity index (χ0) is 11.3. The van der Waals surface area contributed by atoms with E-state index in [0.29, 0.717) is 0 Å². The quantitative estimate of drug-likeness (QED) is 0.758. The molecule has 1 rings (SSSR count). The maximum Gasteiger partial charge on any atom is 0.131 e. The first-order chi connectivity index (χ1) is 7.15. The SMILES string of the molecule is CCCCCN(C)c1ncc(Br)cc1C. The second-order valence-electron chi connectivity index (χ2n) is 3.92. The van der Waals surface area contributed by atoms with E-state index in [4.69, 9.17) is 0 Å². The number of unbranched alkanes of at least 4 members (excludes halogenated alkanes) is 2. The average molecular weight is 271 g/mol. The van der Waals surface area contributed by atoms with Crippen LogP contribution in [0.3, 0.4) is 0 Å². The summed E-state index contributed by atoms with van der Waals surface area (Å²) in [6.45, 7) is 5.41. The molecule has 15 heavy (non-hydrogen) atoms. The molecule has 0 N–H and O–H groups in total. The number of aromatic nitrogens is 1. The van der Waals surface area contributed by atoms with Gasteiger partial charge in [-0.3, -0.25) is 0 Å².